The van der Waals surface area contributed by atoms with Crippen molar-refractivity contribution in [1.82, 2.24) is 4.98 Å². The first-order chi connectivity index (χ1) is 16.0. The minimum absolute atomic E-state index is 0.0633. The normalized spacial score (nSPS) is 13.9. The van der Waals surface area contributed by atoms with Crippen LogP contribution in [-0.2, 0) is 4.79 Å². The van der Waals surface area contributed by atoms with E-state index in [2.05, 4.69) is 20.5 Å². The second kappa shape index (κ2) is 10.1. The van der Waals surface area contributed by atoms with Gasteiger partial charge in [-0.05, 0) is 67.4 Å². The SMILES string of the molecule is COc1ccc(NC(=O)c2cc(F)ccc2NC(=O)C2CCN(c3ccncc3)CC2)cc1. The van der Waals surface area contributed by atoms with Crippen molar-refractivity contribution in [3.05, 3.63) is 78.4 Å². The topological polar surface area (TPSA) is 83.6 Å². The Morgan fingerprint density at radius 3 is 2.36 bits per heavy atom. The number of methoxy groups -OCH3 is 1. The highest BCUT2D eigenvalue weighted by atomic mass is 19.1. The smallest absolute Gasteiger partial charge is 0.257 e. The van der Waals surface area contributed by atoms with Crippen molar-refractivity contribution in [1.29, 1.82) is 0 Å². The maximum absolute atomic E-state index is 13.9. The molecule has 2 heterocycles. The molecule has 0 aliphatic carbocycles. The van der Waals surface area contributed by atoms with Gasteiger partial charge in [-0.25, -0.2) is 4.39 Å². The maximum atomic E-state index is 13.9. The van der Waals surface area contributed by atoms with E-state index in [1.807, 2.05) is 12.1 Å². The van der Waals surface area contributed by atoms with Gasteiger partial charge >= 0.3 is 0 Å². The van der Waals surface area contributed by atoms with E-state index in [4.69, 9.17) is 4.74 Å². The Morgan fingerprint density at radius 2 is 1.70 bits per heavy atom. The first-order valence-electron chi connectivity index (χ1n) is 10.7. The summed E-state index contributed by atoms with van der Waals surface area (Å²) in [5.74, 6) is -0.775. The highest BCUT2D eigenvalue weighted by Gasteiger charge is 2.26. The lowest BCUT2D eigenvalue weighted by Crippen LogP contribution is -2.38. The standard InChI is InChI=1S/C25H25FN4O3/c1-33-21-5-3-19(4-6-21)28-25(32)22-16-18(26)2-7-23(22)29-24(31)17-10-14-30(15-11-17)20-8-12-27-13-9-20/h2-9,12-13,16-17H,10-11,14-15H2,1H3,(H,28,32)(H,29,31). The molecular formula is C25H25FN4O3. The lowest BCUT2D eigenvalue weighted by Gasteiger charge is -2.33. The van der Waals surface area contributed by atoms with Gasteiger partial charge in [0, 0.05) is 42.8 Å². The largest absolute Gasteiger partial charge is 0.497 e. The fourth-order valence-electron chi connectivity index (χ4n) is 3.88. The Labute approximate surface area is 191 Å². The third kappa shape index (κ3) is 5.46. The van der Waals surface area contributed by atoms with E-state index in [-0.39, 0.29) is 23.1 Å². The van der Waals surface area contributed by atoms with Crippen molar-refractivity contribution < 1.29 is 18.7 Å². The first kappa shape index (κ1) is 22.3. The maximum Gasteiger partial charge on any atom is 0.257 e. The molecule has 33 heavy (non-hydrogen) atoms. The molecule has 7 nitrogen and oxygen atoms in total. The molecule has 1 aromatic heterocycles. The van der Waals surface area contributed by atoms with Crippen LogP contribution >= 0.6 is 0 Å². The summed E-state index contributed by atoms with van der Waals surface area (Å²) in [6, 6.07) is 14.5. The van der Waals surface area contributed by atoms with Crippen LogP contribution in [0.3, 0.4) is 0 Å². The molecule has 1 saturated heterocycles. The summed E-state index contributed by atoms with van der Waals surface area (Å²) in [5, 5.41) is 5.56. The van der Waals surface area contributed by atoms with Gasteiger partial charge in [-0.2, -0.15) is 0 Å². The molecule has 4 rings (SSSR count). The quantitative estimate of drug-likeness (QED) is 0.586. The molecule has 170 valence electrons. The molecule has 2 N–H and O–H groups in total. The molecule has 2 amide bonds. The fraction of sp³-hybridized carbons (Fsp3) is 0.240. The van der Waals surface area contributed by atoms with Gasteiger partial charge in [0.15, 0.2) is 0 Å². The van der Waals surface area contributed by atoms with Gasteiger partial charge in [-0.15, -0.1) is 0 Å². The van der Waals surface area contributed by atoms with Gasteiger partial charge < -0.3 is 20.3 Å². The number of rotatable bonds is 6. The summed E-state index contributed by atoms with van der Waals surface area (Å²) in [5.41, 5.74) is 1.96. The summed E-state index contributed by atoms with van der Waals surface area (Å²) in [4.78, 5) is 32.0. The Balaban J connectivity index is 1.41. The molecule has 0 unspecified atom stereocenters. The second-order valence-electron chi connectivity index (χ2n) is 7.83. The zero-order valence-electron chi connectivity index (χ0n) is 18.3. The van der Waals surface area contributed by atoms with Gasteiger partial charge in [0.25, 0.3) is 5.91 Å². The fourth-order valence-corrected chi connectivity index (χ4v) is 3.88. The number of aromatic nitrogens is 1. The number of ether oxygens (including phenoxy) is 1. The van der Waals surface area contributed by atoms with Crippen LogP contribution in [0.5, 0.6) is 5.75 Å². The minimum Gasteiger partial charge on any atom is -0.497 e. The number of carbonyl (C=O) groups is 2. The van der Waals surface area contributed by atoms with E-state index in [1.54, 1.807) is 43.8 Å². The van der Waals surface area contributed by atoms with Crippen LogP contribution < -0.4 is 20.3 Å². The number of nitrogens with one attached hydrogen (secondary N) is 2. The van der Waals surface area contributed by atoms with Crippen molar-refractivity contribution in [2.24, 2.45) is 5.92 Å². The molecule has 0 saturated carbocycles. The minimum atomic E-state index is -0.557. The number of carbonyl (C=O) groups excluding carboxylic acids is 2. The highest BCUT2D eigenvalue weighted by Crippen LogP contribution is 2.26. The number of halogens is 1. The predicted octanol–water partition coefficient (Wildman–Crippen LogP) is 4.34. The molecular weight excluding hydrogens is 423 g/mol. The van der Waals surface area contributed by atoms with Gasteiger partial charge in [-0.1, -0.05) is 0 Å². The second-order valence-corrected chi connectivity index (χ2v) is 7.83. The van der Waals surface area contributed by atoms with Crippen LogP contribution in [0, 0.1) is 11.7 Å². The Hall–Kier alpha value is -3.94. The molecule has 0 spiro atoms. The van der Waals surface area contributed by atoms with Crippen molar-refractivity contribution in [2.45, 2.75) is 12.8 Å². The van der Waals surface area contributed by atoms with Crippen molar-refractivity contribution >= 4 is 28.9 Å². The molecule has 2 aromatic carbocycles. The van der Waals surface area contributed by atoms with Crippen molar-refractivity contribution in [2.75, 3.05) is 35.7 Å². The van der Waals surface area contributed by atoms with E-state index < -0.39 is 11.7 Å². The molecule has 8 heteroatoms. The molecule has 3 aromatic rings. The van der Waals surface area contributed by atoms with E-state index in [0.29, 0.717) is 24.3 Å². The molecule has 1 aliphatic rings. The average molecular weight is 448 g/mol. The molecule has 1 aliphatic heterocycles. The molecule has 0 atom stereocenters. The monoisotopic (exact) mass is 448 g/mol. The Kier molecular flexibility index (Phi) is 6.83. The van der Waals surface area contributed by atoms with Gasteiger partial charge in [-0.3, -0.25) is 14.6 Å². The number of amides is 2. The number of benzene rings is 2. The van der Waals surface area contributed by atoms with E-state index in [1.165, 1.54) is 12.1 Å². The molecule has 0 radical (unpaired) electrons. The number of hydrogen-bond acceptors (Lipinski definition) is 5. The number of piperidine rings is 1. The van der Waals surface area contributed by atoms with Gasteiger partial charge in [0.2, 0.25) is 5.91 Å². The summed E-state index contributed by atoms with van der Waals surface area (Å²) in [6.07, 6.45) is 4.87. The zero-order valence-corrected chi connectivity index (χ0v) is 18.3. The van der Waals surface area contributed by atoms with Crippen LogP contribution in [0.1, 0.15) is 23.2 Å². The number of nitrogens with zero attached hydrogens (tertiary/aromatic N) is 2. The number of anilines is 3. The van der Waals surface area contributed by atoms with Crippen molar-refractivity contribution in [3.8, 4) is 5.75 Å². The highest BCUT2D eigenvalue weighted by molar-refractivity contribution is 6.10. The van der Waals surface area contributed by atoms with Crippen LogP contribution in [0.2, 0.25) is 0 Å². The van der Waals surface area contributed by atoms with Crippen LogP contribution in [0.15, 0.2) is 67.0 Å². The Bertz CT molecular complexity index is 1110. The van der Waals surface area contributed by atoms with Crippen LogP contribution in [0.4, 0.5) is 21.5 Å². The number of pyridine rings is 1. The summed E-state index contributed by atoms with van der Waals surface area (Å²) >= 11 is 0. The average Bonchev–Trinajstić information content (AvgIpc) is 2.86. The summed E-state index contributed by atoms with van der Waals surface area (Å²) < 4.78 is 19.0. The van der Waals surface area contributed by atoms with Crippen molar-refractivity contribution in [3.63, 3.8) is 0 Å². The predicted molar refractivity (Wildman–Crippen MR) is 125 cm³/mol. The Morgan fingerprint density at radius 1 is 1.00 bits per heavy atom. The lowest BCUT2D eigenvalue weighted by atomic mass is 9.95. The lowest BCUT2D eigenvalue weighted by molar-refractivity contribution is -0.120. The molecule has 0 bridgehead atoms. The van der Waals surface area contributed by atoms with E-state index >= 15 is 0 Å². The van der Waals surface area contributed by atoms with Gasteiger partial charge in [0.1, 0.15) is 11.6 Å². The first-order valence-corrected chi connectivity index (χ1v) is 10.7. The third-order valence-corrected chi connectivity index (χ3v) is 5.73. The third-order valence-electron chi connectivity index (χ3n) is 5.73. The zero-order chi connectivity index (χ0) is 23.2. The van der Waals surface area contributed by atoms with Crippen LogP contribution in [0.25, 0.3) is 0 Å². The van der Waals surface area contributed by atoms with Crippen LogP contribution in [-0.4, -0.2) is 37.0 Å². The summed E-state index contributed by atoms with van der Waals surface area (Å²) in [6.45, 7) is 1.49. The van der Waals surface area contributed by atoms with E-state index in [9.17, 15) is 14.0 Å². The molecule has 1 fully saturated rings. The van der Waals surface area contributed by atoms with Gasteiger partial charge in [0.05, 0.1) is 18.4 Å². The number of hydrogen-bond donors (Lipinski definition) is 2. The summed E-state index contributed by atoms with van der Waals surface area (Å²) in [7, 11) is 1.55. The van der Waals surface area contributed by atoms with E-state index in [0.717, 1.165) is 24.8 Å².